The summed E-state index contributed by atoms with van der Waals surface area (Å²) in [5, 5.41) is 8.13. The summed E-state index contributed by atoms with van der Waals surface area (Å²) < 4.78 is 114. The number of esters is 1. The number of likely N-dealkylation sites (tertiary alicyclic amines) is 2. The van der Waals surface area contributed by atoms with Gasteiger partial charge in [-0.25, -0.2) is 28.1 Å². The van der Waals surface area contributed by atoms with Gasteiger partial charge in [-0.3, -0.25) is 14.4 Å². The van der Waals surface area contributed by atoms with Crippen LogP contribution in [0.3, 0.4) is 0 Å². The minimum Gasteiger partial charge on any atom is -0.460 e. The predicted molar refractivity (Wildman–Crippen MR) is 206 cm³/mol. The molecule has 0 bridgehead atoms. The quantitative estimate of drug-likeness (QED) is 0.105. The van der Waals surface area contributed by atoms with Gasteiger partial charge >= 0.3 is 18.3 Å². The first-order valence-electron chi connectivity index (χ1n) is 18.7. The lowest BCUT2D eigenvalue weighted by Gasteiger charge is -2.44. The van der Waals surface area contributed by atoms with Gasteiger partial charge in [-0.1, -0.05) is 0 Å². The highest BCUT2D eigenvalue weighted by molar-refractivity contribution is 5.91. The zero-order valence-electron chi connectivity index (χ0n) is 33.7. The summed E-state index contributed by atoms with van der Waals surface area (Å²) in [5.74, 6) is -1.20. The molecule has 328 valence electrons. The van der Waals surface area contributed by atoms with Crippen molar-refractivity contribution in [2.75, 3.05) is 32.7 Å². The number of ether oxygens (including phenoxy) is 1. The summed E-state index contributed by atoms with van der Waals surface area (Å²) in [5.41, 5.74) is 1.10. The lowest BCUT2D eigenvalue weighted by atomic mass is 9.91. The van der Waals surface area contributed by atoms with Crippen molar-refractivity contribution in [1.82, 2.24) is 39.3 Å². The molecule has 0 atom stereocenters. The van der Waals surface area contributed by atoms with E-state index in [2.05, 4.69) is 20.2 Å². The maximum atomic E-state index is 14.7. The molecule has 2 aliphatic rings. The van der Waals surface area contributed by atoms with Gasteiger partial charge in [0.05, 0.1) is 37.3 Å². The Morgan fingerprint density at radius 3 is 1.49 bits per heavy atom. The number of nitrogens with two attached hydrogens (primary N) is 1. The Morgan fingerprint density at radius 2 is 1.11 bits per heavy atom. The van der Waals surface area contributed by atoms with Gasteiger partial charge in [-0.05, 0) is 88.6 Å². The second-order valence-corrected chi connectivity index (χ2v) is 15.9. The Hall–Kier alpha value is -5.99. The molecule has 0 aliphatic carbocycles. The number of aryl methyl sites for hydroxylation is 2. The molecule has 0 unspecified atom stereocenters. The number of amides is 2. The van der Waals surface area contributed by atoms with Gasteiger partial charge < -0.3 is 20.3 Å². The summed E-state index contributed by atoms with van der Waals surface area (Å²) in [6.45, 7) is 7.69. The molecule has 0 radical (unpaired) electrons. The van der Waals surface area contributed by atoms with Crippen LogP contribution in [0.1, 0.15) is 55.9 Å². The first-order valence-corrected chi connectivity index (χ1v) is 18.7. The van der Waals surface area contributed by atoms with E-state index in [1.165, 1.54) is 68.5 Å². The molecular weight excluding hydrogens is 822 g/mol. The number of hydrogen-bond acceptors (Lipinski definition) is 9. The summed E-state index contributed by atoms with van der Waals surface area (Å²) in [6.07, 6.45) is -1.61. The molecule has 2 aliphatic heterocycles. The van der Waals surface area contributed by atoms with Crippen LogP contribution in [0, 0.1) is 13.8 Å². The summed E-state index contributed by atoms with van der Waals surface area (Å²) in [7, 11) is 0. The van der Waals surface area contributed by atoms with E-state index < -0.39 is 58.2 Å². The molecule has 0 saturated carbocycles. The maximum Gasteiger partial charge on any atom is 0.416 e. The van der Waals surface area contributed by atoms with Crippen LogP contribution in [-0.4, -0.2) is 107 Å². The SMILES string of the molecule is Cc1cc(-c2ncn(/C=C\C(=O)N3CC(F)(CCC(=O)OC(C)(C)C)C3)n2)cc(C(F)(F)F)c1.Cc1cc(-c2ncn(/C=C\C(=O)N3CC(F)(CN)C3)n2)cc(C(F)(F)F)c1. The fourth-order valence-corrected chi connectivity index (χ4v) is 6.19. The first kappa shape index (κ1) is 46.1. The number of halogens is 8. The highest BCUT2D eigenvalue weighted by atomic mass is 19.4. The molecule has 2 fully saturated rings. The van der Waals surface area contributed by atoms with Gasteiger partial charge in [0.2, 0.25) is 11.8 Å². The van der Waals surface area contributed by atoms with E-state index >= 15 is 0 Å². The van der Waals surface area contributed by atoms with Gasteiger partial charge in [-0.2, -0.15) is 26.3 Å². The van der Waals surface area contributed by atoms with Crippen LogP contribution in [0.2, 0.25) is 0 Å². The van der Waals surface area contributed by atoms with Crippen LogP contribution >= 0.6 is 0 Å². The van der Waals surface area contributed by atoms with Crippen molar-refractivity contribution in [3.63, 3.8) is 0 Å². The molecule has 4 heterocycles. The monoisotopic (exact) mass is 865 g/mol. The predicted octanol–water partition coefficient (Wildman–Crippen LogP) is 6.67. The Balaban J connectivity index is 0.000000237. The van der Waals surface area contributed by atoms with Gasteiger partial charge in [0.15, 0.2) is 17.3 Å². The Bertz CT molecular complexity index is 2300. The Morgan fingerprint density at radius 1 is 0.705 bits per heavy atom. The van der Waals surface area contributed by atoms with Crippen LogP contribution in [0.15, 0.2) is 61.2 Å². The van der Waals surface area contributed by atoms with Crippen LogP contribution in [0.5, 0.6) is 0 Å². The third-order valence-corrected chi connectivity index (χ3v) is 9.17. The minimum atomic E-state index is -4.49. The standard InChI is InChI=1S/C23H26F4N4O3.C17H17F4N5O/c1-15-9-16(11-17(10-15)23(25,26)27)20-28-14-31(29-20)8-6-18(32)30-12-22(24,13-30)7-5-19(33)34-21(2,3)4;1-11-4-12(6-13(5-11)17(19,20)21)15-23-10-26(24-15)3-2-14(27)25-8-16(18,7-22)9-25/h6,8-11,14H,5,7,12-13H2,1-4H3;2-6,10H,7-9,22H2,1H3/b8-6-;3-2-. The van der Waals surface area contributed by atoms with Crippen LogP contribution < -0.4 is 5.73 Å². The molecule has 6 rings (SSSR count). The number of carbonyl (C=O) groups excluding carboxylic acids is 3. The Kier molecular flexibility index (Phi) is 13.3. The highest BCUT2D eigenvalue weighted by Gasteiger charge is 2.46. The molecular formula is C40H43F8N9O4. The minimum absolute atomic E-state index is 0.0434. The van der Waals surface area contributed by atoms with Gasteiger partial charge in [-0.15, -0.1) is 10.2 Å². The zero-order chi connectivity index (χ0) is 45.1. The smallest absolute Gasteiger partial charge is 0.416 e. The van der Waals surface area contributed by atoms with Crippen molar-refractivity contribution < 1.29 is 54.2 Å². The fourth-order valence-electron chi connectivity index (χ4n) is 6.19. The van der Waals surface area contributed by atoms with E-state index in [1.807, 2.05) is 0 Å². The summed E-state index contributed by atoms with van der Waals surface area (Å²) in [6, 6.07) is 7.07. The van der Waals surface area contributed by atoms with Gasteiger partial charge in [0.1, 0.15) is 23.9 Å². The number of alkyl halides is 8. The van der Waals surface area contributed by atoms with Gasteiger partial charge in [0.25, 0.3) is 0 Å². The van der Waals surface area contributed by atoms with Crippen molar-refractivity contribution in [2.24, 2.45) is 5.73 Å². The molecule has 0 spiro atoms. The fraction of sp³-hybridized carbons (Fsp3) is 0.425. The van der Waals surface area contributed by atoms with E-state index in [-0.39, 0.29) is 68.3 Å². The number of aromatic nitrogens is 6. The van der Waals surface area contributed by atoms with Crippen molar-refractivity contribution in [3.05, 3.63) is 83.5 Å². The largest absolute Gasteiger partial charge is 0.460 e. The lowest BCUT2D eigenvalue weighted by molar-refractivity contribution is -0.157. The maximum absolute atomic E-state index is 14.7. The number of hydrogen-bond donors (Lipinski definition) is 1. The van der Waals surface area contributed by atoms with Crippen LogP contribution in [0.4, 0.5) is 35.1 Å². The Labute approximate surface area is 344 Å². The topological polar surface area (TPSA) is 154 Å². The van der Waals surface area contributed by atoms with E-state index in [0.29, 0.717) is 11.1 Å². The van der Waals surface area contributed by atoms with Crippen LogP contribution in [0.25, 0.3) is 35.2 Å². The van der Waals surface area contributed by atoms with E-state index in [0.717, 1.165) is 24.3 Å². The van der Waals surface area contributed by atoms with E-state index in [4.69, 9.17) is 10.5 Å². The molecule has 2 aromatic heterocycles. The van der Waals surface area contributed by atoms with E-state index in [9.17, 15) is 49.5 Å². The number of carbonyl (C=O) groups is 3. The summed E-state index contributed by atoms with van der Waals surface area (Å²) >= 11 is 0. The first-order chi connectivity index (χ1) is 28.2. The van der Waals surface area contributed by atoms with Crippen molar-refractivity contribution in [1.29, 1.82) is 0 Å². The van der Waals surface area contributed by atoms with E-state index in [1.54, 1.807) is 34.6 Å². The molecule has 13 nitrogen and oxygen atoms in total. The number of nitrogens with zero attached hydrogens (tertiary/aromatic N) is 8. The molecule has 2 amide bonds. The average Bonchev–Trinajstić information content (AvgIpc) is 3.82. The molecule has 61 heavy (non-hydrogen) atoms. The molecule has 4 aromatic rings. The second kappa shape index (κ2) is 17.5. The lowest BCUT2D eigenvalue weighted by Crippen LogP contribution is -2.63. The number of benzene rings is 2. The van der Waals surface area contributed by atoms with Crippen molar-refractivity contribution in [3.8, 4) is 22.8 Å². The van der Waals surface area contributed by atoms with Crippen LogP contribution in [-0.2, 0) is 31.5 Å². The molecule has 21 heteroatoms. The van der Waals surface area contributed by atoms with Crippen molar-refractivity contribution in [2.45, 2.75) is 76.8 Å². The third kappa shape index (κ3) is 12.5. The zero-order valence-corrected chi connectivity index (χ0v) is 33.7. The highest BCUT2D eigenvalue weighted by Crippen LogP contribution is 2.34. The average molecular weight is 866 g/mol. The normalized spacial score (nSPS) is 16.2. The van der Waals surface area contributed by atoms with Gasteiger partial charge in [0, 0.05) is 48.6 Å². The molecule has 2 saturated heterocycles. The number of rotatable bonds is 10. The molecule has 2 N–H and O–H groups in total. The summed E-state index contributed by atoms with van der Waals surface area (Å²) in [4.78, 5) is 46.5. The molecule has 2 aromatic carbocycles. The van der Waals surface area contributed by atoms with Crippen molar-refractivity contribution >= 4 is 30.2 Å². The second-order valence-electron chi connectivity index (χ2n) is 15.9. The third-order valence-electron chi connectivity index (χ3n) is 9.17.